The van der Waals surface area contributed by atoms with E-state index < -0.39 is 35.0 Å². The van der Waals surface area contributed by atoms with E-state index in [4.69, 9.17) is 9.47 Å². The molecule has 2 amide bonds. The Balaban J connectivity index is 1.76. The van der Waals surface area contributed by atoms with Crippen LogP contribution in [0.25, 0.3) is 0 Å². The summed E-state index contributed by atoms with van der Waals surface area (Å²) in [5.74, 6) is -1.64. The van der Waals surface area contributed by atoms with Crippen molar-refractivity contribution < 1.29 is 28.2 Å². The highest BCUT2D eigenvalue weighted by Gasteiger charge is 2.35. The van der Waals surface area contributed by atoms with Gasteiger partial charge in [-0.3, -0.25) is 19.3 Å². The predicted molar refractivity (Wildman–Crippen MR) is 124 cm³/mol. The predicted octanol–water partition coefficient (Wildman–Crippen LogP) is 2.53. The van der Waals surface area contributed by atoms with Crippen LogP contribution in [-0.2, 0) is 16.0 Å². The van der Waals surface area contributed by atoms with Gasteiger partial charge in [-0.2, -0.15) is 4.98 Å². The molecule has 2 N–H and O–H groups in total. The van der Waals surface area contributed by atoms with Crippen LogP contribution < -0.4 is 15.6 Å². The topological polar surface area (TPSA) is 131 Å². The Hall–Kier alpha value is -3.76. The maximum atomic E-state index is 13.0. The van der Waals surface area contributed by atoms with E-state index in [1.807, 2.05) is 0 Å². The largest absolute Gasteiger partial charge is 0.489 e. The molecule has 188 valence electrons. The van der Waals surface area contributed by atoms with Gasteiger partial charge in [0.2, 0.25) is 5.75 Å². The van der Waals surface area contributed by atoms with Gasteiger partial charge in [0.15, 0.2) is 11.5 Å². The van der Waals surface area contributed by atoms with Crippen LogP contribution in [0.3, 0.4) is 0 Å². The number of aromatic amines is 1. The van der Waals surface area contributed by atoms with Gasteiger partial charge in [0.05, 0.1) is 19.7 Å². The van der Waals surface area contributed by atoms with Crippen LogP contribution in [-0.4, -0.2) is 58.5 Å². The number of Topliss-reactive ketones (excluding diaryl/α,β-unsaturated/α-hetero) is 1. The highest BCUT2D eigenvalue weighted by Crippen LogP contribution is 2.31. The highest BCUT2D eigenvalue weighted by molar-refractivity contribution is 5.97. The Labute approximate surface area is 201 Å². The van der Waals surface area contributed by atoms with E-state index in [9.17, 15) is 23.6 Å². The number of ketones is 1. The molecule has 11 heteroatoms. The number of nitrogens with zero attached hydrogens (tertiary/aromatic N) is 2. The van der Waals surface area contributed by atoms with Gasteiger partial charge in [-0.1, -0.05) is 12.1 Å². The molecule has 0 unspecified atom stereocenters. The van der Waals surface area contributed by atoms with Crippen molar-refractivity contribution in [1.82, 2.24) is 20.2 Å². The zero-order valence-electron chi connectivity index (χ0n) is 20.1. The zero-order chi connectivity index (χ0) is 25.8. The molecule has 1 aliphatic heterocycles. The average Bonchev–Trinajstić information content (AvgIpc) is 3.27. The molecule has 2 heterocycles. The number of hydrogen-bond donors (Lipinski definition) is 2. The third-order valence-corrected chi connectivity index (χ3v) is 5.28. The monoisotopic (exact) mass is 488 g/mol. The van der Waals surface area contributed by atoms with Crippen molar-refractivity contribution in [3.8, 4) is 5.75 Å². The summed E-state index contributed by atoms with van der Waals surface area (Å²) < 4.78 is 23.6. The lowest BCUT2D eigenvalue weighted by atomic mass is 10.1. The van der Waals surface area contributed by atoms with E-state index in [1.165, 1.54) is 36.3 Å². The van der Waals surface area contributed by atoms with E-state index in [0.29, 0.717) is 24.9 Å². The quantitative estimate of drug-likeness (QED) is 0.612. The third-order valence-electron chi connectivity index (χ3n) is 5.28. The molecule has 0 bridgehead atoms. The maximum absolute atomic E-state index is 13.0. The second-order valence-electron chi connectivity index (χ2n) is 9.19. The van der Waals surface area contributed by atoms with Gasteiger partial charge in [0.1, 0.15) is 17.2 Å². The van der Waals surface area contributed by atoms with E-state index in [2.05, 4.69) is 15.3 Å². The van der Waals surface area contributed by atoms with Gasteiger partial charge in [-0.25, -0.2) is 9.18 Å². The van der Waals surface area contributed by atoms with Crippen molar-refractivity contribution in [2.24, 2.45) is 0 Å². The molecule has 3 rings (SSSR count). The maximum Gasteiger partial charge on any atom is 0.410 e. The van der Waals surface area contributed by atoms with Crippen LogP contribution in [0.5, 0.6) is 5.75 Å². The van der Waals surface area contributed by atoms with Crippen LogP contribution >= 0.6 is 0 Å². The minimum Gasteiger partial charge on any atom is -0.489 e. The number of H-pyrrole nitrogens is 1. The summed E-state index contributed by atoms with van der Waals surface area (Å²) in [6.45, 7) is 5.36. The standard InChI is InChI=1S/C24H29FN4O6/c1-24(2,3)35-23(33)29-11-5-6-17(29)20-27-18(19(34-4)22(32)28-20)21(31)26-13-16(30)12-14-7-9-15(25)10-8-14/h7-10,17H,5-6,11-13H2,1-4H3,(H,26,31)(H,27,28,32)/t17-/m1/s1. The molecule has 1 atom stereocenters. The fourth-order valence-electron chi connectivity index (χ4n) is 3.74. The third kappa shape index (κ3) is 6.65. The number of likely N-dealkylation sites (tertiary alicyclic amines) is 1. The molecule has 0 radical (unpaired) electrons. The Kier molecular flexibility index (Phi) is 7.88. The number of halogens is 1. The van der Waals surface area contributed by atoms with Gasteiger partial charge in [-0.15, -0.1) is 0 Å². The second kappa shape index (κ2) is 10.7. The van der Waals surface area contributed by atoms with Crippen LogP contribution in [0.1, 0.15) is 61.5 Å². The van der Waals surface area contributed by atoms with Crippen molar-refractivity contribution >= 4 is 17.8 Å². The summed E-state index contributed by atoms with van der Waals surface area (Å²) in [6.07, 6.45) is 0.643. The molecule has 2 aromatic rings. The van der Waals surface area contributed by atoms with Gasteiger partial charge in [0, 0.05) is 13.0 Å². The van der Waals surface area contributed by atoms with Crippen molar-refractivity contribution in [1.29, 1.82) is 0 Å². The number of aromatic nitrogens is 2. The Bertz CT molecular complexity index is 1160. The molecular weight excluding hydrogens is 459 g/mol. The summed E-state index contributed by atoms with van der Waals surface area (Å²) in [7, 11) is 1.23. The van der Waals surface area contributed by atoms with Crippen LogP contribution in [0.15, 0.2) is 29.1 Å². The van der Waals surface area contributed by atoms with Gasteiger partial charge in [-0.05, 0) is 51.3 Å². The number of carbonyl (C=O) groups excluding carboxylic acids is 3. The van der Waals surface area contributed by atoms with Gasteiger partial charge in [0.25, 0.3) is 5.91 Å². The first-order valence-electron chi connectivity index (χ1n) is 11.2. The number of ether oxygens (including phenoxy) is 2. The molecule has 35 heavy (non-hydrogen) atoms. The molecular formula is C24H29FN4O6. The first-order valence-corrected chi connectivity index (χ1v) is 11.2. The normalized spacial score (nSPS) is 15.6. The minimum atomic E-state index is -0.778. The van der Waals surface area contributed by atoms with E-state index >= 15 is 0 Å². The van der Waals surface area contributed by atoms with E-state index in [1.54, 1.807) is 20.8 Å². The van der Waals surface area contributed by atoms with Crippen molar-refractivity contribution in [2.75, 3.05) is 20.2 Å². The SMILES string of the molecule is COc1c(C(=O)NCC(=O)Cc2ccc(F)cc2)[nH]c([C@H]2CCCN2C(=O)OC(C)(C)C)nc1=O. The molecule has 10 nitrogen and oxygen atoms in total. The lowest BCUT2D eigenvalue weighted by Crippen LogP contribution is -2.38. The summed E-state index contributed by atoms with van der Waals surface area (Å²) in [4.78, 5) is 58.6. The molecule has 0 spiro atoms. The molecule has 1 aromatic carbocycles. The Morgan fingerprint density at radius 2 is 1.91 bits per heavy atom. The Morgan fingerprint density at radius 3 is 2.54 bits per heavy atom. The van der Waals surface area contributed by atoms with E-state index in [-0.39, 0.29) is 36.0 Å². The molecule has 1 aromatic heterocycles. The number of hydrogen-bond acceptors (Lipinski definition) is 7. The molecule has 0 saturated carbocycles. The second-order valence-corrected chi connectivity index (χ2v) is 9.19. The number of benzene rings is 1. The van der Waals surface area contributed by atoms with Crippen LogP contribution in [0, 0.1) is 5.82 Å². The zero-order valence-corrected chi connectivity index (χ0v) is 20.1. The van der Waals surface area contributed by atoms with Crippen LogP contribution in [0.2, 0.25) is 0 Å². The number of carbonyl (C=O) groups is 3. The van der Waals surface area contributed by atoms with Gasteiger partial charge < -0.3 is 19.8 Å². The smallest absolute Gasteiger partial charge is 0.410 e. The number of methoxy groups -OCH3 is 1. The molecule has 1 fully saturated rings. The lowest BCUT2D eigenvalue weighted by molar-refractivity contribution is -0.117. The fraction of sp³-hybridized carbons (Fsp3) is 0.458. The van der Waals surface area contributed by atoms with E-state index in [0.717, 1.165) is 0 Å². The number of nitrogens with one attached hydrogen (secondary N) is 2. The summed E-state index contributed by atoms with van der Waals surface area (Å²) in [6, 6.07) is 4.89. The first kappa shape index (κ1) is 25.9. The first-order chi connectivity index (χ1) is 16.5. The number of rotatable bonds is 7. The number of amides is 2. The lowest BCUT2D eigenvalue weighted by Gasteiger charge is -2.28. The van der Waals surface area contributed by atoms with Crippen molar-refractivity contribution in [2.45, 2.75) is 51.7 Å². The fourth-order valence-corrected chi connectivity index (χ4v) is 3.74. The van der Waals surface area contributed by atoms with Crippen molar-refractivity contribution in [3.05, 3.63) is 57.5 Å². The summed E-state index contributed by atoms with van der Waals surface area (Å²) in [5, 5.41) is 2.47. The summed E-state index contributed by atoms with van der Waals surface area (Å²) >= 11 is 0. The molecule has 1 saturated heterocycles. The highest BCUT2D eigenvalue weighted by atomic mass is 19.1. The van der Waals surface area contributed by atoms with Gasteiger partial charge >= 0.3 is 11.7 Å². The summed E-state index contributed by atoms with van der Waals surface area (Å²) in [5.41, 5.74) is -1.07. The molecule has 1 aliphatic rings. The molecule has 0 aliphatic carbocycles. The van der Waals surface area contributed by atoms with Crippen molar-refractivity contribution in [3.63, 3.8) is 0 Å². The average molecular weight is 489 g/mol. The Morgan fingerprint density at radius 1 is 1.23 bits per heavy atom. The van der Waals surface area contributed by atoms with Crippen LogP contribution in [0.4, 0.5) is 9.18 Å². The minimum absolute atomic E-state index is 0.00271.